The molecule has 0 spiro atoms. The quantitative estimate of drug-likeness (QED) is 0.525. The summed E-state index contributed by atoms with van der Waals surface area (Å²) in [4.78, 5) is 24.3. The van der Waals surface area contributed by atoms with Crippen molar-refractivity contribution in [2.75, 3.05) is 13.1 Å². The number of nitrogens with zero attached hydrogens (tertiary/aromatic N) is 2. The molecule has 0 radical (unpaired) electrons. The standard InChI is InChI=1S/C23H24ClFN4O2/c1-15-21(16(2)29(28-15)20-9-5-18(24)6-10-20)14-23(31)27-12-11-26-22(30)13-17-3-7-19(25)8-4-17/h3-10H,11-14H2,1-2H3,(H,26,30)(H,27,31). The maximum atomic E-state index is 12.9. The smallest absolute Gasteiger partial charge is 0.224 e. The molecule has 1 aromatic heterocycles. The van der Waals surface area contributed by atoms with Crippen molar-refractivity contribution < 1.29 is 14.0 Å². The molecule has 0 bridgehead atoms. The van der Waals surface area contributed by atoms with Gasteiger partial charge < -0.3 is 10.6 Å². The zero-order chi connectivity index (χ0) is 22.4. The molecule has 0 aliphatic rings. The third-order valence-electron chi connectivity index (χ3n) is 4.90. The van der Waals surface area contributed by atoms with Gasteiger partial charge in [0.1, 0.15) is 5.82 Å². The van der Waals surface area contributed by atoms with Crippen molar-refractivity contribution >= 4 is 23.4 Å². The van der Waals surface area contributed by atoms with Gasteiger partial charge in [-0.25, -0.2) is 9.07 Å². The van der Waals surface area contributed by atoms with E-state index in [0.29, 0.717) is 18.1 Å². The molecule has 0 atom stereocenters. The van der Waals surface area contributed by atoms with Crippen LogP contribution in [0.3, 0.4) is 0 Å². The Balaban J connectivity index is 1.47. The van der Waals surface area contributed by atoms with Gasteiger partial charge in [-0.1, -0.05) is 23.7 Å². The minimum absolute atomic E-state index is 0.144. The molecule has 2 aromatic carbocycles. The number of hydrogen-bond acceptors (Lipinski definition) is 3. The Bertz CT molecular complexity index is 1060. The van der Waals surface area contributed by atoms with E-state index in [0.717, 1.165) is 28.2 Å². The predicted molar refractivity (Wildman–Crippen MR) is 118 cm³/mol. The van der Waals surface area contributed by atoms with E-state index in [1.54, 1.807) is 28.9 Å². The van der Waals surface area contributed by atoms with E-state index < -0.39 is 0 Å². The highest BCUT2D eigenvalue weighted by atomic mass is 35.5. The summed E-state index contributed by atoms with van der Waals surface area (Å²) in [5.74, 6) is -0.664. The van der Waals surface area contributed by atoms with Crippen LogP contribution in [-0.4, -0.2) is 34.7 Å². The number of rotatable bonds is 8. The summed E-state index contributed by atoms with van der Waals surface area (Å²) in [7, 11) is 0. The Hall–Kier alpha value is -3.19. The van der Waals surface area contributed by atoms with Gasteiger partial charge in [-0.3, -0.25) is 9.59 Å². The Morgan fingerprint density at radius 2 is 1.52 bits per heavy atom. The molecule has 0 saturated heterocycles. The Labute approximate surface area is 185 Å². The van der Waals surface area contributed by atoms with Crippen molar-refractivity contribution in [2.45, 2.75) is 26.7 Å². The minimum atomic E-state index is -0.337. The van der Waals surface area contributed by atoms with Crippen LogP contribution in [0.4, 0.5) is 4.39 Å². The molecule has 162 valence electrons. The minimum Gasteiger partial charge on any atom is -0.354 e. The molecule has 6 nitrogen and oxygen atoms in total. The molecular weight excluding hydrogens is 419 g/mol. The number of amides is 2. The number of hydrogen-bond donors (Lipinski definition) is 2. The average Bonchev–Trinajstić information content (AvgIpc) is 3.02. The first-order chi connectivity index (χ1) is 14.8. The molecule has 0 fully saturated rings. The highest BCUT2D eigenvalue weighted by Gasteiger charge is 2.16. The Morgan fingerprint density at radius 1 is 0.935 bits per heavy atom. The van der Waals surface area contributed by atoms with Gasteiger partial charge in [-0.05, 0) is 55.8 Å². The molecule has 1 heterocycles. The van der Waals surface area contributed by atoms with E-state index in [2.05, 4.69) is 15.7 Å². The monoisotopic (exact) mass is 442 g/mol. The van der Waals surface area contributed by atoms with Gasteiger partial charge in [0, 0.05) is 29.4 Å². The maximum Gasteiger partial charge on any atom is 0.224 e. The normalized spacial score (nSPS) is 10.7. The first-order valence-electron chi connectivity index (χ1n) is 9.92. The largest absolute Gasteiger partial charge is 0.354 e. The fourth-order valence-corrected chi connectivity index (χ4v) is 3.37. The number of aromatic nitrogens is 2. The number of halogens is 2. The van der Waals surface area contributed by atoms with Gasteiger partial charge in [0.15, 0.2) is 0 Å². The highest BCUT2D eigenvalue weighted by molar-refractivity contribution is 6.30. The SMILES string of the molecule is Cc1nn(-c2ccc(Cl)cc2)c(C)c1CC(=O)NCCNC(=O)Cc1ccc(F)cc1. The van der Waals surface area contributed by atoms with Gasteiger partial charge in [-0.15, -0.1) is 0 Å². The molecule has 0 saturated carbocycles. The molecule has 0 aliphatic heterocycles. The van der Waals surface area contributed by atoms with Crippen LogP contribution in [0.15, 0.2) is 48.5 Å². The second-order valence-corrected chi connectivity index (χ2v) is 7.65. The summed E-state index contributed by atoms with van der Waals surface area (Å²) in [5, 5.41) is 10.7. The van der Waals surface area contributed by atoms with Gasteiger partial charge in [0.25, 0.3) is 0 Å². The first kappa shape index (κ1) is 22.5. The zero-order valence-electron chi connectivity index (χ0n) is 17.4. The van der Waals surface area contributed by atoms with Crippen LogP contribution in [0.1, 0.15) is 22.5 Å². The topological polar surface area (TPSA) is 76.0 Å². The fraction of sp³-hybridized carbons (Fsp3) is 0.261. The molecule has 2 N–H and O–H groups in total. The van der Waals surface area contributed by atoms with Crippen molar-refractivity contribution in [1.29, 1.82) is 0 Å². The highest BCUT2D eigenvalue weighted by Crippen LogP contribution is 2.20. The zero-order valence-corrected chi connectivity index (χ0v) is 18.2. The van der Waals surface area contributed by atoms with E-state index in [1.165, 1.54) is 12.1 Å². The van der Waals surface area contributed by atoms with Gasteiger partial charge in [0.05, 0.1) is 24.2 Å². The van der Waals surface area contributed by atoms with Crippen LogP contribution in [0.25, 0.3) is 5.69 Å². The number of aryl methyl sites for hydroxylation is 1. The molecule has 31 heavy (non-hydrogen) atoms. The molecular formula is C23H24ClFN4O2. The van der Waals surface area contributed by atoms with Gasteiger partial charge in [-0.2, -0.15) is 5.10 Å². The van der Waals surface area contributed by atoms with E-state index in [9.17, 15) is 14.0 Å². The summed E-state index contributed by atoms with van der Waals surface area (Å²) in [6, 6.07) is 13.1. The van der Waals surface area contributed by atoms with Crippen molar-refractivity contribution in [3.63, 3.8) is 0 Å². The lowest BCUT2D eigenvalue weighted by atomic mass is 10.1. The summed E-state index contributed by atoms with van der Waals surface area (Å²) < 4.78 is 14.7. The summed E-state index contributed by atoms with van der Waals surface area (Å²) in [5.41, 5.74) is 4.15. The molecule has 3 aromatic rings. The van der Waals surface area contributed by atoms with Crippen LogP contribution < -0.4 is 10.6 Å². The number of carbonyl (C=O) groups is 2. The second kappa shape index (κ2) is 10.2. The average molecular weight is 443 g/mol. The summed E-state index contributed by atoms with van der Waals surface area (Å²) in [6.07, 6.45) is 0.366. The van der Waals surface area contributed by atoms with Crippen molar-refractivity contribution in [3.8, 4) is 5.69 Å². The van der Waals surface area contributed by atoms with E-state index in [1.807, 2.05) is 26.0 Å². The van der Waals surface area contributed by atoms with Crippen LogP contribution in [-0.2, 0) is 22.4 Å². The van der Waals surface area contributed by atoms with Crippen LogP contribution in [0.2, 0.25) is 5.02 Å². The van der Waals surface area contributed by atoms with Crippen LogP contribution in [0.5, 0.6) is 0 Å². The van der Waals surface area contributed by atoms with Crippen molar-refractivity contribution in [3.05, 3.63) is 81.9 Å². The van der Waals surface area contributed by atoms with Crippen LogP contribution in [0, 0.1) is 19.7 Å². The third-order valence-corrected chi connectivity index (χ3v) is 5.15. The molecule has 2 amide bonds. The van der Waals surface area contributed by atoms with Crippen molar-refractivity contribution in [2.24, 2.45) is 0 Å². The Morgan fingerprint density at radius 3 is 2.13 bits per heavy atom. The lowest BCUT2D eigenvalue weighted by Gasteiger charge is -2.08. The van der Waals surface area contributed by atoms with Crippen LogP contribution >= 0.6 is 11.6 Å². The molecule has 8 heteroatoms. The van der Waals surface area contributed by atoms with E-state index >= 15 is 0 Å². The maximum absolute atomic E-state index is 12.9. The van der Waals surface area contributed by atoms with Gasteiger partial charge >= 0.3 is 0 Å². The fourth-order valence-electron chi connectivity index (χ4n) is 3.24. The van der Waals surface area contributed by atoms with E-state index in [-0.39, 0.29) is 30.5 Å². The number of nitrogens with one attached hydrogen (secondary N) is 2. The Kier molecular flexibility index (Phi) is 7.41. The third kappa shape index (κ3) is 6.15. The summed E-state index contributed by atoms with van der Waals surface area (Å²) >= 11 is 5.95. The van der Waals surface area contributed by atoms with E-state index in [4.69, 9.17) is 11.6 Å². The molecule has 0 unspecified atom stereocenters. The number of carbonyl (C=O) groups excluding carboxylic acids is 2. The molecule has 3 rings (SSSR count). The lowest BCUT2D eigenvalue weighted by Crippen LogP contribution is -2.36. The van der Waals surface area contributed by atoms with Gasteiger partial charge in [0.2, 0.25) is 11.8 Å². The predicted octanol–water partition coefficient (Wildman–Crippen LogP) is 3.30. The first-order valence-corrected chi connectivity index (χ1v) is 10.3. The number of benzene rings is 2. The molecule has 0 aliphatic carbocycles. The lowest BCUT2D eigenvalue weighted by molar-refractivity contribution is -0.122. The summed E-state index contributed by atoms with van der Waals surface area (Å²) in [6.45, 7) is 4.43. The second-order valence-electron chi connectivity index (χ2n) is 7.22. The van der Waals surface area contributed by atoms with Crippen molar-refractivity contribution in [1.82, 2.24) is 20.4 Å².